The maximum atomic E-state index is 2.81. The lowest BCUT2D eigenvalue weighted by atomic mass is 9.46. The molecule has 3 rings (SSSR count). The molecule has 0 heterocycles. The largest absolute Gasteiger partial charge is 0.0849 e. The molecule has 10 atom stereocenters. The number of allylic oxidation sites excluding steroid dienone is 2. The van der Waals surface area contributed by atoms with E-state index in [1.807, 2.05) is 0 Å². The number of hydrogen-bond donors (Lipinski definition) is 0. The second kappa shape index (κ2) is 10.8. The molecule has 0 spiro atoms. The van der Waals surface area contributed by atoms with E-state index in [4.69, 9.17) is 0 Å². The molecule has 3 aliphatic carbocycles. The molecular weight excluding hydrogens is 372 g/mol. The molecule has 0 bridgehead atoms. The van der Waals surface area contributed by atoms with Gasteiger partial charge in [0.2, 0.25) is 0 Å². The van der Waals surface area contributed by atoms with Crippen molar-refractivity contribution in [2.75, 3.05) is 0 Å². The highest BCUT2D eigenvalue weighted by Crippen LogP contribution is 2.61. The van der Waals surface area contributed by atoms with Crippen LogP contribution in [0, 0.1) is 64.6 Å². The molecule has 3 aliphatic rings. The molecule has 0 N–H and O–H groups in total. The van der Waals surface area contributed by atoms with Crippen LogP contribution in [0.2, 0.25) is 0 Å². The zero-order chi connectivity index (χ0) is 22.8. The first-order chi connectivity index (χ1) is 14.8. The number of rotatable bonds is 9. The topological polar surface area (TPSA) is 0 Å². The Kier molecular flexibility index (Phi) is 8.82. The Morgan fingerprint density at radius 3 is 2.13 bits per heavy atom. The van der Waals surface area contributed by atoms with Gasteiger partial charge in [-0.05, 0) is 116 Å². The predicted molar refractivity (Wildman–Crippen MR) is 138 cm³/mol. The fourth-order valence-electron chi connectivity index (χ4n) is 8.49. The molecule has 0 aliphatic heterocycles. The Labute approximate surface area is 196 Å². The normalized spacial score (nSPS) is 40.3. The van der Waals surface area contributed by atoms with Crippen LogP contribution in [0.25, 0.3) is 0 Å². The van der Waals surface area contributed by atoms with Gasteiger partial charge in [-0.2, -0.15) is 0 Å². The Bertz CT molecular complexity index is 571. The summed E-state index contributed by atoms with van der Waals surface area (Å²) in [5.41, 5.74) is 0.505. The van der Waals surface area contributed by atoms with Gasteiger partial charge in [-0.3, -0.25) is 0 Å². The van der Waals surface area contributed by atoms with E-state index in [2.05, 4.69) is 67.5 Å². The first-order valence-electron chi connectivity index (χ1n) is 14.5. The Hall–Kier alpha value is -0.260. The van der Waals surface area contributed by atoms with Gasteiger partial charge < -0.3 is 0 Å². The maximum absolute atomic E-state index is 2.81. The minimum atomic E-state index is 0.505. The molecule has 0 aromatic heterocycles. The summed E-state index contributed by atoms with van der Waals surface area (Å²) in [6, 6.07) is 0. The van der Waals surface area contributed by atoms with Gasteiger partial charge in [-0.1, -0.05) is 80.4 Å². The quantitative estimate of drug-likeness (QED) is 0.320. The Balaban J connectivity index is 1.98. The zero-order valence-electron chi connectivity index (χ0n) is 22.5. The number of hydrogen-bond acceptors (Lipinski definition) is 0. The lowest BCUT2D eigenvalue weighted by Gasteiger charge is -2.58. The maximum Gasteiger partial charge on any atom is -0.0141 e. The SMILES string of the molecule is CCC1C=CC2C(CCC1C)C(C)CCC2(C(C)CC)C(C)C(CC)CC(C)C1CC1. The van der Waals surface area contributed by atoms with Gasteiger partial charge in [0.1, 0.15) is 0 Å². The second-order valence-corrected chi connectivity index (χ2v) is 12.6. The van der Waals surface area contributed by atoms with Gasteiger partial charge in [0.15, 0.2) is 0 Å². The first kappa shape index (κ1) is 25.4. The van der Waals surface area contributed by atoms with Crippen molar-refractivity contribution in [1.29, 1.82) is 0 Å². The highest BCUT2D eigenvalue weighted by atomic mass is 14.6. The van der Waals surface area contributed by atoms with Gasteiger partial charge in [-0.15, -0.1) is 0 Å². The monoisotopic (exact) mass is 428 g/mol. The Morgan fingerprint density at radius 2 is 1.55 bits per heavy atom. The van der Waals surface area contributed by atoms with Crippen LogP contribution in [0.15, 0.2) is 12.2 Å². The van der Waals surface area contributed by atoms with Crippen LogP contribution in [-0.4, -0.2) is 0 Å². The summed E-state index contributed by atoms with van der Waals surface area (Å²) in [6.07, 6.45) is 19.9. The highest BCUT2D eigenvalue weighted by Gasteiger charge is 2.53. The van der Waals surface area contributed by atoms with Gasteiger partial charge in [-0.25, -0.2) is 0 Å². The van der Waals surface area contributed by atoms with Crippen LogP contribution in [0.4, 0.5) is 0 Å². The van der Waals surface area contributed by atoms with Crippen molar-refractivity contribution in [1.82, 2.24) is 0 Å². The van der Waals surface area contributed by atoms with Crippen LogP contribution in [0.1, 0.15) is 120 Å². The van der Waals surface area contributed by atoms with Gasteiger partial charge in [0.25, 0.3) is 0 Å². The van der Waals surface area contributed by atoms with E-state index in [-0.39, 0.29) is 0 Å². The average molecular weight is 429 g/mol. The standard InChI is InChI=1S/C31H56/c1-9-24(7)31(25(8)27(11-3)20-23(6)28-13-14-28)19-18-22(5)29-16-12-21(4)26(10-2)15-17-30(29)31/h15,17,21-30H,9-14,16,18-20H2,1-8H3. The molecule has 0 aromatic rings. The van der Waals surface area contributed by atoms with Crippen molar-refractivity contribution in [3.05, 3.63) is 12.2 Å². The predicted octanol–water partition coefficient (Wildman–Crippen LogP) is 9.79. The van der Waals surface area contributed by atoms with E-state index in [1.165, 1.54) is 64.2 Å². The summed E-state index contributed by atoms with van der Waals surface area (Å²) in [6.45, 7) is 20.4. The lowest BCUT2D eigenvalue weighted by Crippen LogP contribution is -2.51. The molecule has 0 heteroatoms. The van der Waals surface area contributed by atoms with Crippen molar-refractivity contribution in [3.63, 3.8) is 0 Å². The lowest BCUT2D eigenvalue weighted by molar-refractivity contribution is -0.0797. The smallest absolute Gasteiger partial charge is 0.0141 e. The van der Waals surface area contributed by atoms with Crippen LogP contribution < -0.4 is 0 Å². The molecule has 31 heavy (non-hydrogen) atoms. The van der Waals surface area contributed by atoms with Gasteiger partial charge >= 0.3 is 0 Å². The third-order valence-electron chi connectivity index (χ3n) is 11.3. The van der Waals surface area contributed by atoms with Crippen LogP contribution in [-0.2, 0) is 0 Å². The molecule has 0 amide bonds. The summed E-state index contributed by atoms with van der Waals surface area (Å²) in [7, 11) is 0. The van der Waals surface area contributed by atoms with Crippen LogP contribution >= 0.6 is 0 Å². The summed E-state index contributed by atoms with van der Waals surface area (Å²) in [5.74, 6) is 8.81. The van der Waals surface area contributed by atoms with Crippen LogP contribution in [0.3, 0.4) is 0 Å². The zero-order valence-corrected chi connectivity index (χ0v) is 22.5. The molecule has 2 saturated carbocycles. The summed E-state index contributed by atoms with van der Waals surface area (Å²) >= 11 is 0. The second-order valence-electron chi connectivity index (χ2n) is 12.6. The summed E-state index contributed by atoms with van der Waals surface area (Å²) in [4.78, 5) is 0. The van der Waals surface area contributed by atoms with E-state index >= 15 is 0 Å². The molecule has 180 valence electrons. The average Bonchev–Trinajstić information content (AvgIpc) is 3.60. The van der Waals surface area contributed by atoms with E-state index in [1.54, 1.807) is 0 Å². The van der Waals surface area contributed by atoms with Gasteiger partial charge in [0.05, 0.1) is 0 Å². The van der Waals surface area contributed by atoms with E-state index < -0.39 is 0 Å². The molecule has 0 nitrogen and oxygen atoms in total. The molecule has 2 fully saturated rings. The summed E-state index contributed by atoms with van der Waals surface area (Å²) in [5, 5.41) is 0. The Morgan fingerprint density at radius 1 is 0.839 bits per heavy atom. The first-order valence-corrected chi connectivity index (χ1v) is 14.5. The van der Waals surface area contributed by atoms with Gasteiger partial charge in [0, 0.05) is 0 Å². The molecule has 0 radical (unpaired) electrons. The third-order valence-corrected chi connectivity index (χ3v) is 11.3. The highest BCUT2D eigenvalue weighted by molar-refractivity contribution is 5.11. The van der Waals surface area contributed by atoms with E-state index in [0.29, 0.717) is 5.41 Å². The summed E-state index contributed by atoms with van der Waals surface area (Å²) < 4.78 is 0. The number of fused-ring (bicyclic) bond motifs is 1. The molecule has 10 unspecified atom stereocenters. The fraction of sp³-hybridized carbons (Fsp3) is 0.935. The minimum Gasteiger partial charge on any atom is -0.0849 e. The van der Waals surface area contributed by atoms with Crippen molar-refractivity contribution in [2.24, 2.45) is 64.6 Å². The van der Waals surface area contributed by atoms with Crippen molar-refractivity contribution >= 4 is 0 Å². The van der Waals surface area contributed by atoms with E-state index in [9.17, 15) is 0 Å². The van der Waals surface area contributed by atoms with Crippen molar-refractivity contribution in [3.8, 4) is 0 Å². The minimum absolute atomic E-state index is 0.505. The van der Waals surface area contributed by atoms with E-state index in [0.717, 1.165) is 59.2 Å². The van der Waals surface area contributed by atoms with Crippen molar-refractivity contribution in [2.45, 2.75) is 120 Å². The molecular formula is C31H56. The van der Waals surface area contributed by atoms with Crippen molar-refractivity contribution < 1.29 is 0 Å². The molecule has 0 aromatic carbocycles. The third kappa shape index (κ3) is 5.14. The molecule has 0 saturated heterocycles. The fourth-order valence-corrected chi connectivity index (χ4v) is 8.49. The van der Waals surface area contributed by atoms with Crippen LogP contribution in [0.5, 0.6) is 0 Å².